The van der Waals surface area contributed by atoms with Crippen molar-refractivity contribution in [3.63, 3.8) is 0 Å². The van der Waals surface area contributed by atoms with Crippen molar-refractivity contribution < 1.29 is 14.0 Å². The number of nitrogens with zero attached hydrogens (tertiary/aromatic N) is 1. The van der Waals surface area contributed by atoms with Crippen LogP contribution in [0.15, 0.2) is 42.5 Å². The molecule has 136 valence electrons. The van der Waals surface area contributed by atoms with E-state index >= 15 is 0 Å². The molecule has 0 bridgehead atoms. The van der Waals surface area contributed by atoms with Crippen molar-refractivity contribution in [2.24, 2.45) is 0 Å². The van der Waals surface area contributed by atoms with Crippen molar-refractivity contribution in [2.75, 3.05) is 13.1 Å². The van der Waals surface area contributed by atoms with Crippen LogP contribution in [0, 0.1) is 5.82 Å². The van der Waals surface area contributed by atoms with Crippen LogP contribution >= 0.6 is 23.2 Å². The maximum atomic E-state index is 13.7. The predicted octanol–water partition coefficient (Wildman–Crippen LogP) is 4.23. The highest BCUT2D eigenvalue weighted by atomic mass is 35.5. The monoisotopic (exact) mass is 394 g/mol. The number of hydrogen-bond acceptors (Lipinski definition) is 2. The smallest absolute Gasteiger partial charge is 0.253 e. The number of carbonyl (C=O) groups excluding carboxylic acids is 2. The van der Waals surface area contributed by atoms with E-state index in [0.29, 0.717) is 19.5 Å². The van der Waals surface area contributed by atoms with E-state index in [9.17, 15) is 14.0 Å². The average Bonchev–Trinajstić information content (AvgIpc) is 3.03. The van der Waals surface area contributed by atoms with E-state index in [4.69, 9.17) is 23.2 Å². The average molecular weight is 395 g/mol. The molecule has 1 saturated heterocycles. The van der Waals surface area contributed by atoms with Crippen LogP contribution in [0.2, 0.25) is 10.0 Å². The molecule has 2 aromatic rings. The second-order valence-corrected chi connectivity index (χ2v) is 6.94. The standard InChI is InChI=1S/C19H17Cl2FN2O2/c20-14-10-15(21)16(22)9-13(14)19(26)23-17(12-5-2-1-3-6-12)11-24-8-4-7-18(24)25/h1-3,5-6,9-10,17H,4,7-8,11H2,(H,23,26). The fourth-order valence-electron chi connectivity index (χ4n) is 2.97. The Morgan fingerprint density at radius 3 is 2.58 bits per heavy atom. The summed E-state index contributed by atoms with van der Waals surface area (Å²) in [5, 5.41) is 2.78. The van der Waals surface area contributed by atoms with Crippen LogP contribution in [0.3, 0.4) is 0 Å². The lowest BCUT2D eigenvalue weighted by atomic mass is 10.1. The Morgan fingerprint density at radius 1 is 1.19 bits per heavy atom. The van der Waals surface area contributed by atoms with E-state index in [1.807, 2.05) is 30.3 Å². The van der Waals surface area contributed by atoms with Gasteiger partial charge in [0, 0.05) is 19.5 Å². The van der Waals surface area contributed by atoms with E-state index in [1.165, 1.54) is 6.07 Å². The van der Waals surface area contributed by atoms with Gasteiger partial charge < -0.3 is 10.2 Å². The minimum atomic E-state index is -0.716. The lowest BCUT2D eigenvalue weighted by molar-refractivity contribution is -0.128. The first-order chi connectivity index (χ1) is 12.5. The van der Waals surface area contributed by atoms with Crippen molar-refractivity contribution in [3.05, 3.63) is 69.5 Å². The summed E-state index contributed by atoms with van der Waals surface area (Å²) in [5.41, 5.74) is 0.855. The number of halogens is 3. The largest absolute Gasteiger partial charge is 0.343 e. The van der Waals surface area contributed by atoms with Gasteiger partial charge in [-0.15, -0.1) is 0 Å². The van der Waals surface area contributed by atoms with Crippen LogP contribution in [0.4, 0.5) is 4.39 Å². The SMILES string of the molecule is O=C(NC(CN1CCCC1=O)c1ccccc1)c1cc(F)c(Cl)cc1Cl. The molecule has 2 amide bonds. The Kier molecular flexibility index (Phi) is 5.79. The molecular formula is C19H17Cl2FN2O2. The molecule has 7 heteroatoms. The van der Waals surface area contributed by atoms with Gasteiger partial charge in [-0.25, -0.2) is 4.39 Å². The van der Waals surface area contributed by atoms with Crippen LogP contribution in [-0.4, -0.2) is 29.8 Å². The molecule has 1 fully saturated rings. The molecule has 3 rings (SSSR count). The van der Waals surface area contributed by atoms with Crippen molar-refractivity contribution in [1.29, 1.82) is 0 Å². The summed E-state index contributed by atoms with van der Waals surface area (Å²) < 4.78 is 13.7. The van der Waals surface area contributed by atoms with Crippen molar-refractivity contribution >= 4 is 35.0 Å². The fraction of sp³-hybridized carbons (Fsp3) is 0.263. The third kappa shape index (κ3) is 4.17. The maximum absolute atomic E-state index is 13.7. The van der Waals surface area contributed by atoms with Gasteiger partial charge in [0.15, 0.2) is 0 Å². The molecule has 1 heterocycles. The van der Waals surface area contributed by atoms with Crippen molar-refractivity contribution in [2.45, 2.75) is 18.9 Å². The highest BCUT2D eigenvalue weighted by molar-refractivity contribution is 6.36. The van der Waals surface area contributed by atoms with Gasteiger partial charge >= 0.3 is 0 Å². The number of carbonyl (C=O) groups is 2. The number of amides is 2. The van der Waals surface area contributed by atoms with Crippen molar-refractivity contribution in [3.8, 4) is 0 Å². The van der Waals surface area contributed by atoms with E-state index in [1.54, 1.807) is 4.90 Å². The zero-order chi connectivity index (χ0) is 18.7. The first kappa shape index (κ1) is 18.7. The molecule has 1 aliphatic heterocycles. The minimum absolute atomic E-state index is 0.00208. The third-order valence-corrected chi connectivity index (χ3v) is 4.94. The van der Waals surface area contributed by atoms with Gasteiger partial charge in [0.25, 0.3) is 5.91 Å². The van der Waals surface area contributed by atoms with E-state index in [-0.39, 0.29) is 21.5 Å². The molecule has 1 aliphatic rings. The highest BCUT2D eigenvalue weighted by Gasteiger charge is 2.26. The van der Waals surface area contributed by atoms with E-state index in [0.717, 1.165) is 18.1 Å². The van der Waals surface area contributed by atoms with Crippen molar-refractivity contribution in [1.82, 2.24) is 10.2 Å². The van der Waals surface area contributed by atoms with Gasteiger partial charge in [-0.2, -0.15) is 0 Å². The number of nitrogens with one attached hydrogen (secondary N) is 1. The number of hydrogen-bond donors (Lipinski definition) is 1. The second kappa shape index (κ2) is 8.06. The topological polar surface area (TPSA) is 49.4 Å². The molecule has 0 spiro atoms. The van der Waals surface area contributed by atoms with Gasteiger partial charge in [-0.05, 0) is 24.1 Å². The van der Waals surface area contributed by atoms with Gasteiger partial charge in [-0.1, -0.05) is 53.5 Å². The quantitative estimate of drug-likeness (QED) is 0.771. The molecule has 0 aromatic heterocycles. The summed E-state index contributed by atoms with van der Waals surface area (Å²) in [4.78, 5) is 26.3. The molecule has 0 saturated carbocycles. The zero-order valence-corrected chi connectivity index (χ0v) is 15.4. The molecule has 1 unspecified atom stereocenters. The molecule has 0 radical (unpaired) electrons. The zero-order valence-electron chi connectivity index (χ0n) is 13.8. The van der Waals surface area contributed by atoms with Gasteiger partial charge in [0.05, 0.1) is 21.7 Å². The van der Waals surface area contributed by atoms with Crippen LogP contribution in [0.1, 0.15) is 34.8 Å². The summed E-state index contributed by atoms with van der Waals surface area (Å²) >= 11 is 11.7. The molecule has 0 aliphatic carbocycles. The Balaban J connectivity index is 1.84. The molecule has 1 N–H and O–H groups in total. The van der Waals surface area contributed by atoms with Gasteiger partial charge in [-0.3, -0.25) is 9.59 Å². The van der Waals surface area contributed by atoms with Gasteiger partial charge in [0.1, 0.15) is 5.82 Å². The molecular weight excluding hydrogens is 378 g/mol. The normalized spacial score (nSPS) is 15.2. The first-order valence-electron chi connectivity index (χ1n) is 8.24. The Labute approximate surface area is 160 Å². The van der Waals surface area contributed by atoms with Crippen LogP contribution < -0.4 is 5.32 Å². The lowest BCUT2D eigenvalue weighted by Crippen LogP contribution is -2.38. The summed E-state index contributed by atoms with van der Waals surface area (Å²) in [7, 11) is 0. The van der Waals surface area contributed by atoms with Gasteiger partial charge in [0.2, 0.25) is 5.91 Å². The summed E-state index contributed by atoms with van der Waals surface area (Å²) in [6.45, 7) is 1.01. The van der Waals surface area contributed by atoms with Crippen LogP contribution in [0.25, 0.3) is 0 Å². The number of benzene rings is 2. The van der Waals surface area contributed by atoms with E-state index < -0.39 is 17.8 Å². The Hall–Kier alpha value is -2.11. The number of likely N-dealkylation sites (tertiary alicyclic amines) is 1. The highest BCUT2D eigenvalue weighted by Crippen LogP contribution is 2.25. The predicted molar refractivity (Wildman–Crippen MR) is 98.9 cm³/mol. The first-order valence-corrected chi connectivity index (χ1v) is 8.99. The summed E-state index contributed by atoms with van der Waals surface area (Å²) in [5.74, 6) is -1.17. The Morgan fingerprint density at radius 2 is 1.92 bits per heavy atom. The number of rotatable bonds is 5. The van der Waals surface area contributed by atoms with Crippen LogP contribution in [-0.2, 0) is 4.79 Å². The molecule has 2 aromatic carbocycles. The minimum Gasteiger partial charge on any atom is -0.343 e. The summed E-state index contributed by atoms with van der Waals surface area (Å²) in [6.07, 6.45) is 1.33. The molecule has 4 nitrogen and oxygen atoms in total. The third-order valence-electron chi connectivity index (χ3n) is 4.34. The van der Waals surface area contributed by atoms with Crippen LogP contribution in [0.5, 0.6) is 0 Å². The summed E-state index contributed by atoms with van der Waals surface area (Å²) in [6, 6.07) is 11.1. The second-order valence-electron chi connectivity index (χ2n) is 6.13. The molecule has 26 heavy (non-hydrogen) atoms. The fourth-order valence-corrected chi connectivity index (χ4v) is 3.44. The Bertz CT molecular complexity index is 830. The maximum Gasteiger partial charge on any atom is 0.253 e. The molecule has 1 atom stereocenters. The van der Waals surface area contributed by atoms with E-state index in [2.05, 4.69) is 5.32 Å². The lowest BCUT2D eigenvalue weighted by Gasteiger charge is -2.25.